The Kier molecular flexibility index (Phi) is 8.53. The first-order valence-corrected chi connectivity index (χ1v) is 11.4. The number of benzene rings is 2. The first-order valence-electron chi connectivity index (χ1n) is 10.7. The SMILES string of the molecule is CCCCN(CCC(=O)NCc1ccc(F)cc1)c1nc(Cc2ccc(C)cc2)ns1. The molecular formula is C24H29FN4OS. The smallest absolute Gasteiger partial charge is 0.222 e. The lowest BCUT2D eigenvalue weighted by Gasteiger charge is -2.20. The highest BCUT2D eigenvalue weighted by Gasteiger charge is 2.14. The van der Waals surface area contributed by atoms with Crippen molar-refractivity contribution in [3.8, 4) is 0 Å². The molecule has 7 heteroatoms. The number of rotatable bonds is 11. The van der Waals surface area contributed by atoms with E-state index < -0.39 is 0 Å². The number of halogens is 1. The fourth-order valence-corrected chi connectivity index (χ4v) is 3.85. The van der Waals surface area contributed by atoms with Crippen molar-refractivity contribution < 1.29 is 9.18 Å². The van der Waals surface area contributed by atoms with Crippen LogP contribution in [0.2, 0.25) is 0 Å². The van der Waals surface area contributed by atoms with Crippen molar-refractivity contribution >= 4 is 22.6 Å². The second-order valence-electron chi connectivity index (χ2n) is 7.65. The second kappa shape index (κ2) is 11.6. The van der Waals surface area contributed by atoms with Gasteiger partial charge in [0.2, 0.25) is 11.0 Å². The van der Waals surface area contributed by atoms with Crippen LogP contribution in [0.3, 0.4) is 0 Å². The van der Waals surface area contributed by atoms with Crippen LogP contribution in [0.4, 0.5) is 9.52 Å². The summed E-state index contributed by atoms with van der Waals surface area (Å²) >= 11 is 1.39. The minimum Gasteiger partial charge on any atom is -0.352 e. The largest absolute Gasteiger partial charge is 0.352 e. The van der Waals surface area contributed by atoms with Crippen LogP contribution in [0.25, 0.3) is 0 Å². The number of aryl methyl sites for hydroxylation is 1. The molecule has 164 valence electrons. The average molecular weight is 441 g/mol. The lowest BCUT2D eigenvalue weighted by molar-refractivity contribution is -0.121. The number of carbonyl (C=O) groups is 1. The van der Waals surface area contributed by atoms with Crippen LogP contribution in [-0.2, 0) is 17.8 Å². The van der Waals surface area contributed by atoms with Gasteiger partial charge in [0.25, 0.3) is 0 Å². The van der Waals surface area contributed by atoms with Gasteiger partial charge in [-0.2, -0.15) is 4.37 Å². The number of amides is 1. The Hall–Kier alpha value is -2.80. The predicted octanol–water partition coefficient (Wildman–Crippen LogP) is 4.89. The Morgan fingerprint density at radius 1 is 1.06 bits per heavy atom. The summed E-state index contributed by atoms with van der Waals surface area (Å²) in [6.07, 6.45) is 3.18. The van der Waals surface area contributed by atoms with E-state index in [0.29, 0.717) is 25.9 Å². The average Bonchev–Trinajstić information content (AvgIpc) is 3.23. The highest BCUT2D eigenvalue weighted by atomic mass is 32.1. The Morgan fingerprint density at radius 3 is 2.48 bits per heavy atom. The normalized spacial score (nSPS) is 10.8. The summed E-state index contributed by atoms with van der Waals surface area (Å²) in [7, 11) is 0. The van der Waals surface area contributed by atoms with Gasteiger partial charge in [-0.1, -0.05) is 55.3 Å². The minimum absolute atomic E-state index is 0.0322. The Labute approximate surface area is 187 Å². The third kappa shape index (κ3) is 7.43. The van der Waals surface area contributed by atoms with Gasteiger partial charge in [0.05, 0.1) is 0 Å². The molecule has 0 aliphatic carbocycles. The third-order valence-electron chi connectivity index (χ3n) is 5.00. The van der Waals surface area contributed by atoms with Crippen molar-refractivity contribution in [2.24, 2.45) is 0 Å². The second-order valence-corrected chi connectivity index (χ2v) is 8.38. The van der Waals surface area contributed by atoms with Crippen LogP contribution in [0.1, 0.15) is 48.7 Å². The van der Waals surface area contributed by atoms with E-state index in [1.807, 2.05) is 0 Å². The molecule has 2 aromatic carbocycles. The number of hydrogen-bond donors (Lipinski definition) is 1. The van der Waals surface area contributed by atoms with E-state index in [-0.39, 0.29) is 11.7 Å². The zero-order chi connectivity index (χ0) is 22.1. The molecule has 1 N–H and O–H groups in total. The van der Waals surface area contributed by atoms with Crippen LogP contribution < -0.4 is 10.2 Å². The molecule has 1 aromatic heterocycles. The number of aromatic nitrogens is 2. The molecule has 0 fully saturated rings. The van der Waals surface area contributed by atoms with Crippen molar-refractivity contribution in [2.75, 3.05) is 18.0 Å². The number of nitrogens with one attached hydrogen (secondary N) is 1. The Bertz CT molecular complexity index is 956. The number of anilines is 1. The highest BCUT2D eigenvalue weighted by Crippen LogP contribution is 2.20. The molecule has 0 saturated heterocycles. The van der Waals surface area contributed by atoms with Crippen LogP contribution in [0, 0.1) is 12.7 Å². The van der Waals surface area contributed by atoms with Crippen molar-refractivity contribution in [1.29, 1.82) is 0 Å². The fourth-order valence-electron chi connectivity index (χ4n) is 3.11. The molecule has 0 aliphatic heterocycles. The Balaban J connectivity index is 1.54. The topological polar surface area (TPSA) is 58.1 Å². The summed E-state index contributed by atoms with van der Waals surface area (Å²) < 4.78 is 17.5. The van der Waals surface area contributed by atoms with Crippen molar-refractivity contribution in [3.05, 3.63) is 76.9 Å². The maximum atomic E-state index is 13.0. The summed E-state index contributed by atoms with van der Waals surface area (Å²) in [6, 6.07) is 14.6. The van der Waals surface area contributed by atoms with E-state index >= 15 is 0 Å². The third-order valence-corrected chi connectivity index (χ3v) is 5.82. The molecule has 5 nitrogen and oxygen atoms in total. The van der Waals surface area contributed by atoms with Gasteiger partial charge < -0.3 is 10.2 Å². The fraction of sp³-hybridized carbons (Fsp3) is 0.375. The van der Waals surface area contributed by atoms with Gasteiger partial charge in [-0.05, 0) is 36.6 Å². The highest BCUT2D eigenvalue weighted by molar-refractivity contribution is 7.09. The molecule has 0 atom stereocenters. The molecule has 0 aliphatic rings. The number of unbranched alkanes of at least 4 members (excludes halogenated alkanes) is 1. The Morgan fingerprint density at radius 2 is 1.77 bits per heavy atom. The zero-order valence-corrected chi connectivity index (χ0v) is 18.9. The van der Waals surface area contributed by atoms with Gasteiger partial charge in [0, 0.05) is 44.0 Å². The van der Waals surface area contributed by atoms with E-state index in [0.717, 1.165) is 35.9 Å². The minimum atomic E-state index is -0.277. The maximum absolute atomic E-state index is 13.0. The lowest BCUT2D eigenvalue weighted by Crippen LogP contribution is -2.31. The summed E-state index contributed by atoms with van der Waals surface area (Å²) in [6.45, 7) is 6.06. The summed E-state index contributed by atoms with van der Waals surface area (Å²) in [5.41, 5.74) is 3.30. The molecule has 1 heterocycles. The van der Waals surface area contributed by atoms with E-state index in [2.05, 4.69) is 52.7 Å². The summed E-state index contributed by atoms with van der Waals surface area (Å²) in [4.78, 5) is 19.2. The van der Waals surface area contributed by atoms with E-state index in [4.69, 9.17) is 4.98 Å². The van der Waals surface area contributed by atoms with Crippen LogP contribution >= 0.6 is 11.5 Å². The lowest BCUT2D eigenvalue weighted by atomic mass is 10.1. The molecule has 0 radical (unpaired) electrons. The zero-order valence-electron chi connectivity index (χ0n) is 18.1. The molecule has 0 saturated carbocycles. The van der Waals surface area contributed by atoms with Crippen molar-refractivity contribution in [1.82, 2.24) is 14.7 Å². The van der Waals surface area contributed by atoms with E-state index in [9.17, 15) is 9.18 Å². The monoisotopic (exact) mass is 440 g/mol. The van der Waals surface area contributed by atoms with Crippen LogP contribution in [-0.4, -0.2) is 28.4 Å². The number of nitrogens with zero attached hydrogens (tertiary/aromatic N) is 3. The number of carbonyl (C=O) groups excluding carboxylic acids is 1. The summed E-state index contributed by atoms with van der Waals surface area (Å²) in [5, 5.41) is 3.77. The molecule has 1 amide bonds. The predicted molar refractivity (Wildman–Crippen MR) is 124 cm³/mol. The molecular weight excluding hydrogens is 411 g/mol. The molecule has 0 bridgehead atoms. The quantitative estimate of drug-likeness (QED) is 0.461. The van der Waals surface area contributed by atoms with Crippen LogP contribution in [0.15, 0.2) is 48.5 Å². The van der Waals surface area contributed by atoms with E-state index in [1.54, 1.807) is 12.1 Å². The standard InChI is InChI=1S/C24H29FN4OS/c1-3-4-14-29(15-13-23(30)26-17-20-9-11-21(25)12-10-20)24-27-22(28-31-24)16-19-7-5-18(2)6-8-19/h5-12H,3-4,13-17H2,1-2H3,(H,26,30). The molecule has 31 heavy (non-hydrogen) atoms. The van der Waals surface area contributed by atoms with Crippen molar-refractivity contribution in [2.45, 2.75) is 46.1 Å². The summed E-state index contributed by atoms with van der Waals surface area (Å²) in [5.74, 6) is 0.502. The van der Waals surface area contributed by atoms with E-state index in [1.165, 1.54) is 34.8 Å². The molecule has 0 unspecified atom stereocenters. The van der Waals surface area contributed by atoms with Gasteiger partial charge in [-0.25, -0.2) is 9.37 Å². The van der Waals surface area contributed by atoms with Crippen LogP contribution in [0.5, 0.6) is 0 Å². The van der Waals surface area contributed by atoms with Gasteiger partial charge in [-0.3, -0.25) is 4.79 Å². The first-order chi connectivity index (χ1) is 15.0. The van der Waals surface area contributed by atoms with Gasteiger partial charge >= 0.3 is 0 Å². The molecule has 3 aromatic rings. The maximum Gasteiger partial charge on any atom is 0.222 e. The van der Waals surface area contributed by atoms with Gasteiger partial charge in [-0.15, -0.1) is 0 Å². The molecule has 0 spiro atoms. The van der Waals surface area contributed by atoms with Gasteiger partial charge in [0.1, 0.15) is 11.6 Å². The van der Waals surface area contributed by atoms with Crippen molar-refractivity contribution in [3.63, 3.8) is 0 Å². The first kappa shape index (κ1) is 22.9. The molecule has 3 rings (SSSR count). The number of hydrogen-bond acceptors (Lipinski definition) is 5. The van der Waals surface area contributed by atoms with Gasteiger partial charge in [0.15, 0.2) is 0 Å².